The summed E-state index contributed by atoms with van der Waals surface area (Å²) in [4.78, 5) is 29.0. The molecule has 2 aliphatic rings. The summed E-state index contributed by atoms with van der Waals surface area (Å²) in [5, 5.41) is 0. The van der Waals surface area contributed by atoms with Gasteiger partial charge >= 0.3 is 0 Å². The second kappa shape index (κ2) is 7.46. The van der Waals surface area contributed by atoms with Crippen molar-refractivity contribution in [2.24, 2.45) is 5.92 Å². The minimum absolute atomic E-state index is 0.0112. The number of benzene rings is 1. The number of piperazine rings is 1. The molecule has 25 heavy (non-hydrogen) atoms. The van der Waals surface area contributed by atoms with Crippen molar-refractivity contribution in [2.45, 2.75) is 39.0 Å². The SMILES string of the molecule is COc1cc(C(C)C)ccc1C(=O)N1CCN(C(=O)C2CCC2)CC1. The Hall–Kier alpha value is -2.04. The second-order valence-electron chi connectivity index (χ2n) is 7.36. The van der Waals surface area contributed by atoms with E-state index >= 15 is 0 Å². The van der Waals surface area contributed by atoms with Gasteiger partial charge in [-0.05, 0) is 36.5 Å². The Morgan fingerprint density at radius 1 is 1.08 bits per heavy atom. The highest BCUT2D eigenvalue weighted by Crippen LogP contribution is 2.29. The minimum atomic E-state index is -0.0112. The maximum atomic E-state index is 12.9. The quantitative estimate of drug-likeness (QED) is 0.844. The topological polar surface area (TPSA) is 49.9 Å². The van der Waals surface area contributed by atoms with E-state index in [4.69, 9.17) is 4.74 Å². The lowest BCUT2D eigenvalue weighted by molar-refractivity contribution is -0.139. The average molecular weight is 344 g/mol. The van der Waals surface area contributed by atoms with E-state index in [1.807, 2.05) is 28.0 Å². The molecule has 5 heteroatoms. The summed E-state index contributed by atoms with van der Waals surface area (Å²) < 4.78 is 5.45. The van der Waals surface area contributed by atoms with Gasteiger partial charge in [-0.1, -0.05) is 26.3 Å². The zero-order chi connectivity index (χ0) is 18.0. The van der Waals surface area contributed by atoms with Crippen LogP contribution in [-0.2, 0) is 4.79 Å². The van der Waals surface area contributed by atoms with Crippen molar-refractivity contribution in [1.29, 1.82) is 0 Å². The zero-order valence-corrected chi connectivity index (χ0v) is 15.5. The molecule has 2 amide bonds. The van der Waals surface area contributed by atoms with Crippen molar-refractivity contribution in [3.05, 3.63) is 29.3 Å². The van der Waals surface area contributed by atoms with E-state index < -0.39 is 0 Å². The monoisotopic (exact) mass is 344 g/mol. The molecule has 0 radical (unpaired) electrons. The maximum absolute atomic E-state index is 12.9. The second-order valence-corrected chi connectivity index (χ2v) is 7.36. The lowest BCUT2D eigenvalue weighted by Crippen LogP contribution is -2.52. The fourth-order valence-corrected chi connectivity index (χ4v) is 3.46. The van der Waals surface area contributed by atoms with Crippen LogP contribution in [0.2, 0.25) is 0 Å². The van der Waals surface area contributed by atoms with Crippen molar-refractivity contribution in [3.63, 3.8) is 0 Å². The van der Waals surface area contributed by atoms with E-state index in [-0.39, 0.29) is 17.7 Å². The number of methoxy groups -OCH3 is 1. The first-order valence-corrected chi connectivity index (χ1v) is 9.27. The Kier molecular flexibility index (Phi) is 5.30. The Morgan fingerprint density at radius 3 is 2.24 bits per heavy atom. The standard InChI is InChI=1S/C20H28N2O3/c1-14(2)16-7-8-17(18(13-16)25-3)20(24)22-11-9-21(10-12-22)19(23)15-5-4-6-15/h7-8,13-15H,4-6,9-12H2,1-3H3. The fraction of sp³-hybridized carbons (Fsp3) is 0.600. The van der Waals surface area contributed by atoms with Crippen LogP contribution in [0.5, 0.6) is 5.75 Å². The summed E-state index contributed by atoms with van der Waals surface area (Å²) in [5.41, 5.74) is 1.76. The van der Waals surface area contributed by atoms with Gasteiger partial charge in [-0.3, -0.25) is 9.59 Å². The number of hydrogen-bond donors (Lipinski definition) is 0. The molecule has 0 unspecified atom stereocenters. The van der Waals surface area contributed by atoms with Gasteiger partial charge in [0.15, 0.2) is 0 Å². The van der Waals surface area contributed by atoms with Crippen LogP contribution in [0.3, 0.4) is 0 Å². The molecule has 136 valence electrons. The lowest BCUT2D eigenvalue weighted by Gasteiger charge is -2.38. The van der Waals surface area contributed by atoms with Crippen LogP contribution in [0.4, 0.5) is 0 Å². The van der Waals surface area contributed by atoms with Gasteiger partial charge in [0.05, 0.1) is 12.7 Å². The number of carbonyl (C=O) groups excluding carboxylic acids is 2. The van der Waals surface area contributed by atoms with Crippen molar-refractivity contribution < 1.29 is 14.3 Å². The van der Waals surface area contributed by atoms with Gasteiger partial charge in [-0.15, -0.1) is 0 Å². The number of amides is 2. The smallest absolute Gasteiger partial charge is 0.257 e. The molecule has 0 atom stereocenters. The van der Waals surface area contributed by atoms with Gasteiger partial charge < -0.3 is 14.5 Å². The predicted octanol–water partition coefficient (Wildman–Crippen LogP) is 2.90. The first kappa shape index (κ1) is 17.8. The van der Waals surface area contributed by atoms with Gasteiger partial charge in [0, 0.05) is 32.1 Å². The summed E-state index contributed by atoms with van der Waals surface area (Å²) in [5.74, 6) is 1.51. The Labute approximate surface area is 149 Å². The van der Waals surface area contributed by atoms with Crippen LogP contribution in [0, 0.1) is 5.92 Å². The molecular formula is C20H28N2O3. The summed E-state index contributed by atoms with van der Waals surface area (Å²) in [7, 11) is 1.60. The number of nitrogens with zero attached hydrogens (tertiary/aromatic N) is 2. The Bertz CT molecular complexity index is 644. The zero-order valence-electron chi connectivity index (χ0n) is 15.5. The van der Waals surface area contributed by atoms with Crippen LogP contribution >= 0.6 is 0 Å². The summed E-state index contributed by atoms with van der Waals surface area (Å²) in [6, 6.07) is 5.81. The van der Waals surface area contributed by atoms with E-state index in [0.29, 0.717) is 43.4 Å². The van der Waals surface area contributed by atoms with Crippen molar-refractivity contribution in [3.8, 4) is 5.75 Å². The van der Waals surface area contributed by atoms with E-state index in [2.05, 4.69) is 13.8 Å². The highest BCUT2D eigenvalue weighted by molar-refractivity contribution is 5.97. The van der Waals surface area contributed by atoms with Gasteiger partial charge in [-0.25, -0.2) is 0 Å². The normalized spacial score (nSPS) is 18.2. The third kappa shape index (κ3) is 3.65. The summed E-state index contributed by atoms with van der Waals surface area (Å²) in [6.07, 6.45) is 3.22. The molecule has 5 nitrogen and oxygen atoms in total. The van der Waals surface area contributed by atoms with Crippen LogP contribution in [0.25, 0.3) is 0 Å². The van der Waals surface area contributed by atoms with Crippen molar-refractivity contribution >= 4 is 11.8 Å². The molecule has 0 spiro atoms. The van der Waals surface area contributed by atoms with Crippen LogP contribution in [0.15, 0.2) is 18.2 Å². The molecule has 1 saturated carbocycles. The van der Waals surface area contributed by atoms with Crippen molar-refractivity contribution in [1.82, 2.24) is 9.80 Å². The number of hydrogen-bond acceptors (Lipinski definition) is 3. The lowest BCUT2D eigenvalue weighted by atomic mass is 9.84. The van der Waals surface area contributed by atoms with Gasteiger partial charge in [0.1, 0.15) is 5.75 Å². The molecule has 1 heterocycles. The van der Waals surface area contributed by atoms with Crippen molar-refractivity contribution in [2.75, 3.05) is 33.3 Å². The molecule has 1 aromatic rings. The van der Waals surface area contributed by atoms with Crippen LogP contribution in [0.1, 0.15) is 54.9 Å². The molecule has 1 aliphatic heterocycles. The Morgan fingerprint density at radius 2 is 1.72 bits per heavy atom. The largest absolute Gasteiger partial charge is 0.496 e. The third-order valence-corrected chi connectivity index (χ3v) is 5.46. The van der Waals surface area contributed by atoms with Gasteiger partial charge in [-0.2, -0.15) is 0 Å². The Balaban J connectivity index is 1.65. The van der Waals surface area contributed by atoms with E-state index in [1.54, 1.807) is 7.11 Å². The maximum Gasteiger partial charge on any atom is 0.257 e. The molecule has 1 aromatic carbocycles. The first-order chi connectivity index (χ1) is 12.0. The molecule has 1 aliphatic carbocycles. The minimum Gasteiger partial charge on any atom is -0.496 e. The van der Waals surface area contributed by atoms with Gasteiger partial charge in [0.25, 0.3) is 5.91 Å². The number of ether oxygens (including phenoxy) is 1. The molecule has 1 saturated heterocycles. The van der Waals surface area contributed by atoms with E-state index in [0.717, 1.165) is 18.4 Å². The van der Waals surface area contributed by atoms with E-state index in [1.165, 1.54) is 6.42 Å². The number of rotatable bonds is 4. The highest BCUT2D eigenvalue weighted by atomic mass is 16.5. The molecule has 2 fully saturated rings. The van der Waals surface area contributed by atoms with Gasteiger partial charge in [0.2, 0.25) is 5.91 Å². The molecule has 3 rings (SSSR count). The molecule has 0 aromatic heterocycles. The third-order valence-electron chi connectivity index (χ3n) is 5.46. The molecule has 0 N–H and O–H groups in total. The average Bonchev–Trinajstić information content (AvgIpc) is 2.59. The molecule has 0 bridgehead atoms. The van der Waals surface area contributed by atoms with Crippen LogP contribution < -0.4 is 4.74 Å². The number of carbonyl (C=O) groups is 2. The van der Waals surface area contributed by atoms with Crippen LogP contribution in [-0.4, -0.2) is 54.9 Å². The first-order valence-electron chi connectivity index (χ1n) is 9.27. The molecular weight excluding hydrogens is 316 g/mol. The van der Waals surface area contributed by atoms with E-state index in [9.17, 15) is 9.59 Å². The predicted molar refractivity (Wildman–Crippen MR) is 96.9 cm³/mol. The fourth-order valence-electron chi connectivity index (χ4n) is 3.46. The highest BCUT2D eigenvalue weighted by Gasteiger charge is 2.32. The summed E-state index contributed by atoms with van der Waals surface area (Å²) in [6.45, 7) is 6.68. The summed E-state index contributed by atoms with van der Waals surface area (Å²) >= 11 is 0.